The molecule has 0 amide bonds. The maximum atomic E-state index is 13.7. The summed E-state index contributed by atoms with van der Waals surface area (Å²) in [6.45, 7) is 1.59. The number of aliphatic hydroxyl groups is 1. The second kappa shape index (κ2) is 5.59. The smallest absolute Gasteiger partial charge is 0.165 e. The number of hydrogen-bond acceptors (Lipinski definition) is 2. The van der Waals surface area contributed by atoms with Gasteiger partial charge in [-0.15, -0.1) is 0 Å². The molecule has 1 N–H and O–H groups in total. The van der Waals surface area contributed by atoms with Crippen molar-refractivity contribution in [1.82, 2.24) is 0 Å². The van der Waals surface area contributed by atoms with E-state index in [1.54, 1.807) is 25.1 Å². The van der Waals surface area contributed by atoms with Gasteiger partial charge in [0.15, 0.2) is 11.6 Å². The predicted molar refractivity (Wildman–Crippen MR) is 72.6 cm³/mol. The predicted octanol–water partition coefficient (Wildman–Crippen LogP) is 3.42. The highest BCUT2D eigenvalue weighted by atomic mass is 19.1. The van der Waals surface area contributed by atoms with Gasteiger partial charge in [0.25, 0.3) is 0 Å². The van der Waals surface area contributed by atoms with Crippen LogP contribution in [0.25, 0.3) is 0 Å². The third-order valence-corrected chi connectivity index (χ3v) is 3.24. The van der Waals surface area contributed by atoms with Crippen molar-refractivity contribution in [2.75, 3.05) is 7.11 Å². The van der Waals surface area contributed by atoms with Gasteiger partial charge in [0.2, 0.25) is 0 Å². The van der Waals surface area contributed by atoms with Crippen molar-refractivity contribution in [3.8, 4) is 5.75 Å². The van der Waals surface area contributed by atoms with Gasteiger partial charge < -0.3 is 9.84 Å². The number of methoxy groups -OCH3 is 1. The zero-order chi connectivity index (χ0) is 14.8. The standard InChI is InChI=1S/C16H16F2O2/c1-16(19,10-11-3-6-13(17)7-4-11)12-5-8-15(20-2)14(18)9-12/h3-9,19H,10H2,1-2H3. The molecule has 0 aliphatic carbocycles. The number of benzene rings is 2. The maximum absolute atomic E-state index is 13.7. The summed E-state index contributed by atoms with van der Waals surface area (Å²) in [4.78, 5) is 0. The fourth-order valence-corrected chi connectivity index (χ4v) is 2.10. The number of hydrogen-bond donors (Lipinski definition) is 1. The van der Waals surface area contributed by atoms with Crippen molar-refractivity contribution in [3.63, 3.8) is 0 Å². The van der Waals surface area contributed by atoms with Crippen LogP contribution in [0.3, 0.4) is 0 Å². The Bertz CT molecular complexity index is 592. The van der Waals surface area contributed by atoms with Gasteiger partial charge in [-0.3, -0.25) is 0 Å². The van der Waals surface area contributed by atoms with Crippen molar-refractivity contribution in [2.24, 2.45) is 0 Å². The maximum Gasteiger partial charge on any atom is 0.165 e. The molecule has 106 valence electrons. The van der Waals surface area contributed by atoms with Gasteiger partial charge in [-0.1, -0.05) is 18.2 Å². The summed E-state index contributed by atoms with van der Waals surface area (Å²) in [6.07, 6.45) is 0.263. The molecular formula is C16H16F2O2. The summed E-state index contributed by atoms with van der Waals surface area (Å²) in [5, 5.41) is 10.5. The van der Waals surface area contributed by atoms with Gasteiger partial charge >= 0.3 is 0 Å². The SMILES string of the molecule is COc1ccc(C(C)(O)Cc2ccc(F)cc2)cc1F. The molecule has 0 aromatic heterocycles. The molecule has 2 rings (SSSR count). The molecule has 0 saturated heterocycles. The molecule has 20 heavy (non-hydrogen) atoms. The fourth-order valence-electron chi connectivity index (χ4n) is 2.10. The average molecular weight is 278 g/mol. The molecule has 2 aromatic rings. The van der Waals surface area contributed by atoms with Crippen LogP contribution >= 0.6 is 0 Å². The molecule has 1 unspecified atom stereocenters. The Balaban J connectivity index is 2.25. The van der Waals surface area contributed by atoms with E-state index in [0.717, 1.165) is 5.56 Å². The lowest BCUT2D eigenvalue weighted by molar-refractivity contribution is 0.0572. The second-order valence-electron chi connectivity index (χ2n) is 4.93. The van der Waals surface area contributed by atoms with E-state index in [9.17, 15) is 13.9 Å². The van der Waals surface area contributed by atoms with Gasteiger partial charge in [0, 0.05) is 6.42 Å². The molecule has 0 fully saturated rings. The Morgan fingerprint density at radius 1 is 1.10 bits per heavy atom. The summed E-state index contributed by atoms with van der Waals surface area (Å²) in [6, 6.07) is 10.2. The van der Waals surface area contributed by atoms with Crippen LogP contribution in [0.1, 0.15) is 18.1 Å². The van der Waals surface area contributed by atoms with Crippen molar-refractivity contribution >= 4 is 0 Å². The molecule has 1 atom stereocenters. The molecule has 0 radical (unpaired) electrons. The molecule has 0 spiro atoms. The van der Waals surface area contributed by atoms with Crippen molar-refractivity contribution in [3.05, 3.63) is 65.2 Å². The third-order valence-electron chi connectivity index (χ3n) is 3.24. The van der Waals surface area contributed by atoms with E-state index in [0.29, 0.717) is 5.56 Å². The third kappa shape index (κ3) is 3.14. The second-order valence-corrected chi connectivity index (χ2v) is 4.93. The molecule has 0 bridgehead atoms. The summed E-state index contributed by atoms with van der Waals surface area (Å²) in [5.74, 6) is -0.723. The molecule has 2 aromatic carbocycles. The average Bonchev–Trinajstić information content (AvgIpc) is 2.41. The Morgan fingerprint density at radius 3 is 2.30 bits per heavy atom. The molecular weight excluding hydrogens is 262 g/mol. The van der Waals surface area contributed by atoms with Crippen LogP contribution in [-0.4, -0.2) is 12.2 Å². The zero-order valence-corrected chi connectivity index (χ0v) is 11.4. The molecule has 0 aliphatic heterocycles. The van der Waals surface area contributed by atoms with Crippen LogP contribution in [-0.2, 0) is 12.0 Å². The van der Waals surface area contributed by atoms with E-state index in [1.165, 1.54) is 31.4 Å². The first-order valence-electron chi connectivity index (χ1n) is 6.23. The van der Waals surface area contributed by atoms with E-state index in [-0.39, 0.29) is 18.0 Å². The molecule has 2 nitrogen and oxygen atoms in total. The fraction of sp³-hybridized carbons (Fsp3) is 0.250. The van der Waals surface area contributed by atoms with Gasteiger partial charge in [-0.25, -0.2) is 8.78 Å². The Labute approximate surface area is 116 Å². The Kier molecular flexibility index (Phi) is 4.04. The lowest BCUT2D eigenvalue weighted by atomic mass is 9.89. The van der Waals surface area contributed by atoms with Gasteiger partial charge in [-0.2, -0.15) is 0 Å². The Hall–Kier alpha value is -1.94. The molecule has 4 heteroatoms. The minimum Gasteiger partial charge on any atom is -0.494 e. The lowest BCUT2D eigenvalue weighted by Crippen LogP contribution is -2.24. The quantitative estimate of drug-likeness (QED) is 0.928. The lowest BCUT2D eigenvalue weighted by Gasteiger charge is -2.24. The van der Waals surface area contributed by atoms with Gasteiger partial charge in [0.1, 0.15) is 5.82 Å². The summed E-state index contributed by atoms with van der Waals surface area (Å²) in [5.41, 5.74) is -0.0296. The number of halogens is 2. The van der Waals surface area contributed by atoms with Gasteiger partial charge in [-0.05, 0) is 42.3 Å². The van der Waals surface area contributed by atoms with Crippen molar-refractivity contribution in [2.45, 2.75) is 18.9 Å². The minimum atomic E-state index is -1.25. The number of ether oxygens (including phenoxy) is 1. The Morgan fingerprint density at radius 2 is 1.75 bits per heavy atom. The molecule has 0 aliphatic rings. The highest BCUT2D eigenvalue weighted by molar-refractivity contribution is 5.33. The summed E-state index contributed by atoms with van der Waals surface area (Å²) in [7, 11) is 1.38. The van der Waals surface area contributed by atoms with Crippen molar-refractivity contribution < 1.29 is 18.6 Å². The van der Waals surface area contributed by atoms with Crippen LogP contribution in [0.5, 0.6) is 5.75 Å². The minimum absolute atomic E-state index is 0.131. The normalized spacial score (nSPS) is 13.8. The monoisotopic (exact) mass is 278 g/mol. The first-order valence-corrected chi connectivity index (χ1v) is 6.23. The summed E-state index contributed by atoms with van der Waals surface area (Å²) >= 11 is 0. The van der Waals surface area contributed by atoms with Crippen LogP contribution in [0.2, 0.25) is 0 Å². The van der Waals surface area contributed by atoms with Crippen LogP contribution < -0.4 is 4.74 Å². The van der Waals surface area contributed by atoms with Crippen LogP contribution in [0, 0.1) is 11.6 Å². The highest BCUT2D eigenvalue weighted by Gasteiger charge is 2.24. The number of rotatable bonds is 4. The van der Waals surface area contributed by atoms with E-state index in [2.05, 4.69) is 0 Å². The zero-order valence-electron chi connectivity index (χ0n) is 11.4. The van der Waals surface area contributed by atoms with E-state index < -0.39 is 11.4 Å². The highest BCUT2D eigenvalue weighted by Crippen LogP contribution is 2.28. The van der Waals surface area contributed by atoms with E-state index in [4.69, 9.17) is 4.74 Å². The topological polar surface area (TPSA) is 29.5 Å². The molecule has 0 heterocycles. The van der Waals surface area contributed by atoms with Crippen LogP contribution in [0.4, 0.5) is 8.78 Å². The summed E-state index contributed by atoms with van der Waals surface area (Å²) < 4.78 is 31.4. The van der Waals surface area contributed by atoms with E-state index in [1.807, 2.05) is 0 Å². The van der Waals surface area contributed by atoms with E-state index >= 15 is 0 Å². The molecule has 0 saturated carbocycles. The first-order chi connectivity index (χ1) is 9.42. The largest absolute Gasteiger partial charge is 0.494 e. The first kappa shape index (κ1) is 14.5. The van der Waals surface area contributed by atoms with Crippen molar-refractivity contribution in [1.29, 1.82) is 0 Å². The van der Waals surface area contributed by atoms with Gasteiger partial charge in [0.05, 0.1) is 12.7 Å². The van der Waals surface area contributed by atoms with Crippen LogP contribution in [0.15, 0.2) is 42.5 Å².